The van der Waals surface area contributed by atoms with Gasteiger partial charge in [0.05, 0.1) is 10.3 Å². The number of hydrogen-bond acceptors (Lipinski definition) is 5. The van der Waals surface area contributed by atoms with Crippen molar-refractivity contribution in [3.63, 3.8) is 0 Å². The molecule has 2 rings (SSSR count). The molecule has 8 heteroatoms. The fourth-order valence-electron chi connectivity index (χ4n) is 2.97. The summed E-state index contributed by atoms with van der Waals surface area (Å²) in [6.07, 6.45) is 3.41. The van der Waals surface area contributed by atoms with Crippen LogP contribution in [0.1, 0.15) is 38.3 Å². The molecule has 0 aromatic carbocycles. The Kier molecular flexibility index (Phi) is 4.15. The number of rotatable bonds is 6. The molecule has 0 atom stereocenters. The molecule has 1 fully saturated rings. The Labute approximate surface area is 122 Å². The van der Waals surface area contributed by atoms with Crippen LogP contribution in [0.5, 0.6) is 0 Å². The smallest absolute Gasteiger partial charge is 0.333 e. The highest BCUT2D eigenvalue weighted by Crippen LogP contribution is 2.39. The Balaban J connectivity index is 2.25. The summed E-state index contributed by atoms with van der Waals surface area (Å²) in [6.45, 7) is 1.99. The quantitative estimate of drug-likeness (QED) is 0.613. The molecule has 1 heterocycles. The van der Waals surface area contributed by atoms with Gasteiger partial charge < -0.3 is 10.4 Å². The van der Waals surface area contributed by atoms with Gasteiger partial charge in [-0.2, -0.15) is 5.10 Å². The van der Waals surface area contributed by atoms with Gasteiger partial charge in [-0.3, -0.25) is 14.9 Å². The number of carboxylic acids is 1. The molecule has 1 saturated carbocycles. The molecular formula is C13H20N4O4. The summed E-state index contributed by atoms with van der Waals surface area (Å²) in [5.74, 6) is -0.558. The average Bonchev–Trinajstić information content (AvgIpc) is 3.01. The minimum Gasteiger partial charge on any atom is -0.481 e. The number of aromatic nitrogens is 2. The fraction of sp³-hybridized carbons (Fsp3) is 0.692. The van der Waals surface area contributed by atoms with E-state index in [2.05, 4.69) is 10.4 Å². The van der Waals surface area contributed by atoms with E-state index >= 15 is 0 Å². The Bertz CT molecular complexity index is 561. The molecule has 1 aromatic heterocycles. The van der Waals surface area contributed by atoms with Crippen molar-refractivity contribution in [2.24, 2.45) is 12.5 Å². The van der Waals surface area contributed by atoms with Gasteiger partial charge in [-0.05, 0) is 19.3 Å². The van der Waals surface area contributed by atoms with Crippen molar-refractivity contribution in [2.45, 2.75) is 39.0 Å². The lowest BCUT2D eigenvalue weighted by Crippen LogP contribution is -2.35. The second kappa shape index (κ2) is 5.71. The lowest BCUT2D eigenvalue weighted by atomic mass is 9.86. The van der Waals surface area contributed by atoms with Crippen LogP contribution in [0.15, 0.2) is 0 Å². The summed E-state index contributed by atoms with van der Waals surface area (Å²) in [4.78, 5) is 22.3. The van der Waals surface area contributed by atoms with Gasteiger partial charge in [-0.1, -0.05) is 19.8 Å². The first-order valence-corrected chi connectivity index (χ1v) is 7.09. The van der Waals surface area contributed by atoms with Gasteiger partial charge >= 0.3 is 11.7 Å². The summed E-state index contributed by atoms with van der Waals surface area (Å²) < 4.78 is 1.42. The number of carboxylic acid groups (broad SMARTS) is 1. The van der Waals surface area contributed by atoms with Gasteiger partial charge in [0.25, 0.3) is 0 Å². The highest BCUT2D eigenvalue weighted by atomic mass is 16.6. The van der Waals surface area contributed by atoms with Crippen molar-refractivity contribution in [1.82, 2.24) is 9.78 Å². The van der Waals surface area contributed by atoms with Crippen LogP contribution in [0, 0.1) is 15.5 Å². The van der Waals surface area contributed by atoms with Crippen molar-refractivity contribution in [2.75, 3.05) is 11.9 Å². The van der Waals surface area contributed by atoms with Crippen molar-refractivity contribution in [1.29, 1.82) is 0 Å². The Morgan fingerprint density at radius 2 is 2.14 bits per heavy atom. The molecule has 0 radical (unpaired) electrons. The number of carbonyl (C=O) groups is 1. The predicted octanol–water partition coefficient (Wildman–Crippen LogP) is 1.95. The van der Waals surface area contributed by atoms with E-state index in [0.29, 0.717) is 25.0 Å². The maximum absolute atomic E-state index is 11.5. The van der Waals surface area contributed by atoms with Crippen molar-refractivity contribution >= 4 is 17.5 Å². The van der Waals surface area contributed by atoms with Crippen LogP contribution in [0.4, 0.5) is 11.5 Å². The molecule has 0 spiro atoms. The third kappa shape index (κ3) is 2.70. The first-order chi connectivity index (χ1) is 9.91. The average molecular weight is 296 g/mol. The first-order valence-electron chi connectivity index (χ1n) is 7.09. The molecule has 116 valence electrons. The predicted molar refractivity (Wildman–Crippen MR) is 76.3 cm³/mol. The number of anilines is 1. The maximum atomic E-state index is 11.5. The summed E-state index contributed by atoms with van der Waals surface area (Å²) in [7, 11) is 1.62. The van der Waals surface area contributed by atoms with Gasteiger partial charge in [0.1, 0.15) is 5.69 Å². The van der Waals surface area contributed by atoms with E-state index in [1.807, 2.05) is 0 Å². The highest BCUT2D eigenvalue weighted by molar-refractivity contribution is 5.76. The largest absolute Gasteiger partial charge is 0.481 e. The van der Waals surface area contributed by atoms with Crippen LogP contribution in [0.25, 0.3) is 0 Å². The topological polar surface area (TPSA) is 110 Å². The minimum absolute atomic E-state index is 0.0569. The van der Waals surface area contributed by atoms with Gasteiger partial charge in [0, 0.05) is 13.6 Å². The standard InChI is InChI=1S/C13H20N4O4/c1-3-9-10(17(20)21)11(16(2)15-9)14-8-13(12(18)19)6-4-5-7-13/h14H,3-8H2,1-2H3,(H,18,19). The van der Waals surface area contributed by atoms with E-state index in [9.17, 15) is 20.0 Å². The van der Waals surface area contributed by atoms with Gasteiger partial charge in [0.15, 0.2) is 0 Å². The van der Waals surface area contributed by atoms with E-state index < -0.39 is 16.3 Å². The summed E-state index contributed by atoms with van der Waals surface area (Å²) >= 11 is 0. The van der Waals surface area contributed by atoms with E-state index in [0.717, 1.165) is 12.8 Å². The summed E-state index contributed by atoms with van der Waals surface area (Å²) in [5, 5.41) is 27.8. The zero-order chi connectivity index (χ0) is 15.6. The van der Waals surface area contributed by atoms with Crippen LogP contribution >= 0.6 is 0 Å². The van der Waals surface area contributed by atoms with Gasteiger partial charge in [-0.25, -0.2) is 4.68 Å². The van der Waals surface area contributed by atoms with Crippen molar-refractivity contribution < 1.29 is 14.8 Å². The molecule has 1 aromatic rings. The van der Waals surface area contributed by atoms with Gasteiger partial charge in [-0.15, -0.1) is 0 Å². The second-order valence-electron chi connectivity index (χ2n) is 5.52. The van der Waals surface area contributed by atoms with Gasteiger partial charge in [0.2, 0.25) is 5.82 Å². The lowest BCUT2D eigenvalue weighted by molar-refractivity contribution is -0.384. The molecule has 0 unspecified atom stereocenters. The van der Waals surface area contributed by atoms with Crippen LogP contribution < -0.4 is 5.32 Å². The Morgan fingerprint density at radius 3 is 2.62 bits per heavy atom. The first kappa shape index (κ1) is 15.3. The minimum atomic E-state index is -0.840. The molecule has 1 aliphatic carbocycles. The summed E-state index contributed by atoms with van der Waals surface area (Å²) in [5.41, 5.74) is -0.482. The third-order valence-corrected chi connectivity index (χ3v) is 4.22. The molecule has 8 nitrogen and oxygen atoms in total. The number of aliphatic carboxylic acids is 1. The molecule has 0 aliphatic heterocycles. The molecule has 2 N–H and O–H groups in total. The lowest BCUT2D eigenvalue weighted by Gasteiger charge is -2.24. The second-order valence-corrected chi connectivity index (χ2v) is 5.52. The van der Waals surface area contributed by atoms with Crippen LogP contribution in [0.3, 0.4) is 0 Å². The van der Waals surface area contributed by atoms with Crippen LogP contribution in [-0.4, -0.2) is 32.3 Å². The van der Waals surface area contributed by atoms with Crippen molar-refractivity contribution in [3.8, 4) is 0 Å². The number of nitrogens with zero attached hydrogens (tertiary/aromatic N) is 3. The fourth-order valence-corrected chi connectivity index (χ4v) is 2.97. The van der Waals surface area contributed by atoms with Crippen molar-refractivity contribution in [3.05, 3.63) is 15.8 Å². The monoisotopic (exact) mass is 296 g/mol. The number of nitrogens with one attached hydrogen (secondary N) is 1. The molecule has 0 bridgehead atoms. The Morgan fingerprint density at radius 1 is 1.52 bits per heavy atom. The highest BCUT2D eigenvalue weighted by Gasteiger charge is 2.42. The normalized spacial score (nSPS) is 16.9. The molecule has 1 aliphatic rings. The SMILES string of the molecule is CCc1nn(C)c(NCC2(C(=O)O)CCCC2)c1[N+](=O)[O-]. The maximum Gasteiger partial charge on any atom is 0.333 e. The number of aryl methyl sites for hydroxylation is 2. The zero-order valence-corrected chi connectivity index (χ0v) is 12.3. The zero-order valence-electron chi connectivity index (χ0n) is 12.3. The van der Waals surface area contributed by atoms with E-state index in [1.165, 1.54) is 4.68 Å². The number of nitro groups is 1. The third-order valence-electron chi connectivity index (χ3n) is 4.22. The molecule has 0 amide bonds. The van der Waals surface area contributed by atoms with E-state index in [1.54, 1.807) is 14.0 Å². The molecule has 21 heavy (non-hydrogen) atoms. The van der Waals surface area contributed by atoms with E-state index in [4.69, 9.17) is 0 Å². The number of hydrogen-bond donors (Lipinski definition) is 2. The summed E-state index contributed by atoms with van der Waals surface area (Å²) in [6, 6.07) is 0. The molecular weight excluding hydrogens is 276 g/mol. The Hall–Kier alpha value is -2.12. The van der Waals surface area contributed by atoms with Crippen LogP contribution in [0.2, 0.25) is 0 Å². The van der Waals surface area contributed by atoms with E-state index in [-0.39, 0.29) is 18.1 Å². The van der Waals surface area contributed by atoms with Crippen LogP contribution in [-0.2, 0) is 18.3 Å². The molecule has 0 saturated heterocycles.